The molecule has 0 spiro atoms. The average Bonchev–Trinajstić information content (AvgIpc) is 2.49. The fraction of sp³-hybridized carbons (Fsp3) is 0.467. The first-order valence-corrected chi connectivity index (χ1v) is 6.98. The van der Waals surface area contributed by atoms with E-state index in [1.165, 1.54) is 0 Å². The van der Waals surface area contributed by atoms with Crippen LogP contribution in [0.5, 0.6) is 5.75 Å². The maximum absolute atomic E-state index is 12.0. The Morgan fingerprint density at radius 2 is 2.33 bits per heavy atom. The lowest BCUT2D eigenvalue weighted by Crippen LogP contribution is -2.48. The van der Waals surface area contributed by atoms with Crippen LogP contribution in [-0.2, 0) is 14.3 Å². The van der Waals surface area contributed by atoms with E-state index in [1.54, 1.807) is 36.3 Å². The second-order valence-corrected chi connectivity index (χ2v) is 4.76. The number of benzene rings is 1. The quantitative estimate of drug-likeness (QED) is 0.887. The molecule has 21 heavy (non-hydrogen) atoms. The monoisotopic (exact) mass is 292 g/mol. The lowest BCUT2D eigenvalue weighted by Gasteiger charge is -2.31. The van der Waals surface area contributed by atoms with Gasteiger partial charge in [0.1, 0.15) is 11.9 Å². The van der Waals surface area contributed by atoms with Crippen molar-refractivity contribution in [3.8, 4) is 5.75 Å². The van der Waals surface area contributed by atoms with Gasteiger partial charge in [0, 0.05) is 24.8 Å². The van der Waals surface area contributed by atoms with Crippen molar-refractivity contribution in [2.24, 2.45) is 0 Å². The van der Waals surface area contributed by atoms with E-state index in [4.69, 9.17) is 9.47 Å². The van der Waals surface area contributed by atoms with Gasteiger partial charge >= 0.3 is 0 Å². The number of ether oxygens (including phenoxy) is 2. The lowest BCUT2D eigenvalue weighted by atomic mass is 10.1. The Morgan fingerprint density at radius 1 is 1.52 bits per heavy atom. The minimum absolute atomic E-state index is 0.0204. The summed E-state index contributed by atoms with van der Waals surface area (Å²) in [6.45, 7) is 3.60. The maximum Gasteiger partial charge on any atom is 0.252 e. The Hall–Kier alpha value is -2.08. The van der Waals surface area contributed by atoms with Gasteiger partial charge in [-0.3, -0.25) is 9.59 Å². The van der Waals surface area contributed by atoms with Gasteiger partial charge in [-0.25, -0.2) is 0 Å². The molecule has 6 heteroatoms. The van der Waals surface area contributed by atoms with E-state index in [9.17, 15) is 9.59 Å². The van der Waals surface area contributed by atoms with E-state index in [0.717, 1.165) is 0 Å². The zero-order valence-electron chi connectivity index (χ0n) is 12.3. The molecule has 1 saturated heterocycles. The molecule has 1 aromatic rings. The highest BCUT2D eigenvalue weighted by Crippen LogP contribution is 2.18. The highest BCUT2D eigenvalue weighted by molar-refractivity contribution is 5.95. The van der Waals surface area contributed by atoms with E-state index in [0.29, 0.717) is 31.1 Å². The Morgan fingerprint density at radius 3 is 3.05 bits per heavy atom. The number of nitrogens with zero attached hydrogens (tertiary/aromatic N) is 1. The zero-order valence-corrected chi connectivity index (χ0v) is 12.3. The van der Waals surface area contributed by atoms with Crippen molar-refractivity contribution < 1.29 is 19.1 Å². The second kappa shape index (κ2) is 7.08. The molecule has 0 aromatic heterocycles. The Bertz CT molecular complexity index is 518. The van der Waals surface area contributed by atoms with Gasteiger partial charge in [0.2, 0.25) is 5.91 Å². The van der Waals surface area contributed by atoms with Gasteiger partial charge in [0.25, 0.3) is 5.91 Å². The van der Waals surface area contributed by atoms with Gasteiger partial charge in [-0.1, -0.05) is 6.07 Å². The Kier molecular flexibility index (Phi) is 5.16. The van der Waals surface area contributed by atoms with Crippen molar-refractivity contribution in [1.29, 1.82) is 0 Å². The van der Waals surface area contributed by atoms with Crippen LogP contribution in [0.2, 0.25) is 0 Å². The number of likely N-dealkylation sites (N-methyl/N-ethyl adjacent to an activating group) is 1. The fourth-order valence-corrected chi connectivity index (χ4v) is 2.23. The molecule has 0 radical (unpaired) electrons. The number of rotatable bonds is 5. The summed E-state index contributed by atoms with van der Waals surface area (Å²) in [4.78, 5) is 25.8. The third-order valence-electron chi connectivity index (χ3n) is 3.37. The number of carbonyl (C=O) groups excluding carboxylic acids is 2. The topological polar surface area (TPSA) is 67.9 Å². The molecular weight excluding hydrogens is 272 g/mol. The molecule has 114 valence electrons. The summed E-state index contributed by atoms with van der Waals surface area (Å²) in [7, 11) is 1.56. The molecule has 1 fully saturated rings. The van der Waals surface area contributed by atoms with Crippen LogP contribution in [0.1, 0.15) is 13.3 Å². The van der Waals surface area contributed by atoms with Crippen LogP contribution < -0.4 is 10.1 Å². The van der Waals surface area contributed by atoms with E-state index < -0.39 is 6.10 Å². The molecule has 1 heterocycles. The van der Waals surface area contributed by atoms with Crippen LogP contribution in [0, 0.1) is 0 Å². The van der Waals surface area contributed by atoms with Crippen molar-refractivity contribution in [3.63, 3.8) is 0 Å². The highest BCUT2D eigenvalue weighted by atomic mass is 16.5. The first-order valence-electron chi connectivity index (χ1n) is 6.98. The lowest BCUT2D eigenvalue weighted by molar-refractivity contribution is -0.154. The molecule has 0 aliphatic carbocycles. The van der Waals surface area contributed by atoms with Gasteiger partial charge < -0.3 is 19.7 Å². The summed E-state index contributed by atoms with van der Waals surface area (Å²) < 4.78 is 10.5. The summed E-state index contributed by atoms with van der Waals surface area (Å²) in [6.07, 6.45) is -0.670. The van der Waals surface area contributed by atoms with Crippen LogP contribution >= 0.6 is 0 Å². The molecule has 0 unspecified atom stereocenters. The van der Waals surface area contributed by atoms with Crippen LogP contribution in [0.15, 0.2) is 24.3 Å². The molecule has 1 N–H and O–H groups in total. The first-order chi connectivity index (χ1) is 10.1. The van der Waals surface area contributed by atoms with Gasteiger partial charge in [-0.2, -0.15) is 0 Å². The number of anilines is 1. The molecule has 1 aliphatic rings. The van der Waals surface area contributed by atoms with Crippen molar-refractivity contribution in [2.75, 3.05) is 32.1 Å². The molecule has 1 aliphatic heterocycles. The molecule has 1 atom stereocenters. The molecule has 0 bridgehead atoms. The van der Waals surface area contributed by atoms with Crippen LogP contribution in [-0.4, -0.2) is 49.6 Å². The van der Waals surface area contributed by atoms with Crippen molar-refractivity contribution >= 4 is 17.5 Å². The number of nitrogens with one attached hydrogen (secondary N) is 1. The Balaban J connectivity index is 1.93. The molecule has 2 rings (SSSR count). The van der Waals surface area contributed by atoms with Crippen molar-refractivity contribution in [3.05, 3.63) is 24.3 Å². The molecule has 2 amide bonds. The van der Waals surface area contributed by atoms with E-state index in [-0.39, 0.29) is 18.2 Å². The summed E-state index contributed by atoms with van der Waals surface area (Å²) in [5, 5.41) is 2.75. The van der Waals surface area contributed by atoms with Gasteiger partial charge in [0.15, 0.2) is 0 Å². The number of amides is 2. The molecule has 6 nitrogen and oxygen atoms in total. The first kappa shape index (κ1) is 15.3. The normalized spacial score (nSPS) is 18.5. The number of morpholine rings is 1. The smallest absolute Gasteiger partial charge is 0.252 e. The predicted octanol–water partition coefficient (Wildman–Crippen LogP) is 1.27. The molecule has 1 aromatic carbocycles. The van der Waals surface area contributed by atoms with Crippen molar-refractivity contribution in [1.82, 2.24) is 4.90 Å². The van der Waals surface area contributed by atoms with Gasteiger partial charge in [-0.15, -0.1) is 0 Å². The number of carbonyl (C=O) groups is 2. The van der Waals surface area contributed by atoms with Crippen molar-refractivity contribution in [2.45, 2.75) is 19.4 Å². The minimum atomic E-state index is -0.690. The van der Waals surface area contributed by atoms with E-state index in [1.807, 2.05) is 6.92 Å². The zero-order chi connectivity index (χ0) is 15.2. The standard InChI is InChI=1S/C15H20N2O4/c1-3-17-7-8-21-13(15(17)19)10-14(18)16-11-5-4-6-12(9-11)20-2/h4-6,9,13H,3,7-8,10H2,1-2H3,(H,16,18)/t13-/m0/s1. The van der Waals surface area contributed by atoms with Gasteiger partial charge in [0.05, 0.1) is 20.1 Å². The highest BCUT2D eigenvalue weighted by Gasteiger charge is 2.30. The van der Waals surface area contributed by atoms with E-state index >= 15 is 0 Å². The van der Waals surface area contributed by atoms with Crippen LogP contribution in [0.3, 0.4) is 0 Å². The van der Waals surface area contributed by atoms with E-state index in [2.05, 4.69) is 5.32 Å². The molecular formula is C15H20N2O4. The predicted molar refractivity (Wildman–Crippen MR) is 78.2 cm³/mol. The SMILES string of the molecule is CCN1CCO[C@@H](CC(=O)Nc2cccc(OC)c2)C1=O. The average molecular weight is 292 g/mol. The van der Waals surface area contributed by atoms with Crippen LogP contribution in [0.4, 0.5) is 5.69 Å². The summed E-state index contributed by atoms with van der Waals surface area (Å²) in [5.41, 5.74) is 0.634. The number of hydrogen-bond donors (Lipinski definition) is 1. The molecule has 0 saturated carbocycles. The Labute approximate surface area is 124 Å². The minimum Gasteiger partial charge on any atom is -0.497 e. The largest absolute Gasteiger partial charge is 0.497 e. The second-order valence-electron chi connectivity index (χ2n) is 4.76. The number of hydrogen-bond acceptors (Lipinski definition) is 4. The number of methoxy groups -OCH3 is 1. The van der Waals surface area contributed by atoms with Crippen LogP contribution in [0.25, 0.3) is 0 Å². The maximum atomic E-state index is 12.0. The third kappa shape index (κ3) is 3.95. The summed E-state index contributed by atoms with van der Waals surface area (Å²) in [5.74, 6) is 0.291. The fourth-order valence-electron chi connectivity index (χ4n) is 2.23. The summed E-state index contributed by atoms with van der Waals surface area (Å²) >= 11 is 0. The third-order valence-corrected chi connectivity index (χ3v) is 3.37. The summed E-state index contributed by atoms with van der Waals surface area (Å²) in [6, 6.07) is 7.07. The van der Waals surface area contributed by atoms with Gasteiger partial charge in [-0.05, 0) is 19.1 Å².